The van der Waals surface area contributed by atoms with Crippen LogP contribution in [0, 0.1) is 11.7 Å². The van der Waals surface area contributed by atoms with Crippen molar-refractivity contribution in [1.29, 1.82) is 0 Å². The molecule has 2 heteroatoms. The number of benzene rings is 1. The molecule has 13 heavy (non-hydrogen) atoms. The van der Waals surface area contributed by atoms with Gasteiger partial charge in [-0.25, -0.2) is 0 Å². The van der Waals surface area contributed by atoms with Crippen LogP contribution in [0.3, 0.4) is 0 Å². The lowest BCUT2D eigenvalue weighted by molar-refractivity contribution is 0.682. The lowest BCUT2D eigenvalue weighted by Gasteiger charge is -2.06. The molecule has 2 rings (SSSR count). The standard InChI is InChI=1S/C11H12OS/c12-13(11-8-4-5-9-11)10-6-2-1-3-7-10/h1-3,6-8H,4-5,9H2/t13-/m0/s1. The molecule has 0 saturated heterocycles. The molecule has 1 saturated carbocycles. The van der Waals surface area contributed by atoms with Crippen LogP contribution in [-0.2, 0) is 10.8 Å². The minimum Gasteiger partial charge on any atom is -0.254 e. The number of rotatable bonds is 2. The average Bonchev–Trinajstić information content (AvgIpc) is 2.71. The van der Waals surface area contributed by atoms with Gasteiger partial charge in [0, 0.05) is 4.90 Å². The molecule has 1 nitrogen and oxygen atoms in total. The predicted molar refractivity (Wildman–Crippen MR) is 54.2 cm³/mol. The highest BCUT2D eigenvalue weighted by Gasteiger charge is 2.23. The van der Waals surface area contributed by atoms with Crippen molar-refractivity contribution in [3.63, 3.8) is 0 Å². The lowest BCUT2D eigenvalue weighted by Crippen LogP contribution is -2.01. The summed E-state index contributed by atoms with van der Waals surface area (Å²) in [6, 6.07) is 9.67. The Morgan fingerprint density at radius 1 is 1.15 bits per heavy atom. The Morgan fingerprint density at radius 3 is 2.54 bits per heavy atom. The van der Waals surface area contributed by atoms with Crippen LogP contribution in [0.4, 0.5) is 0 Å². The third-order valence-electron chi connectivity index (χ3n) is 2.19. The van der Waals surface area contributed by atoms with Gasteiger partial charge in [0.25, 0.3) is 0 Å². The molecule has 0 aromatic heterocycles. The molecule has 68 valence electrons. The fourth-order valence-electron chi connectivity index (χ4n) is 1.51. The molecule has 0 N–H and O–H groups in total. The first kappa shape index (κ1) is 8.95. The highest BCUT2D eigenvalue weighted by atomic mass is 32.2. The van der Waals surface area contributed by atoms with Gasteiger partial charge in [-0.15, -0.1) is 0 Å². The maximum Gasteiger partial charge on any atom is 0.0714 e. The minimum absolute atomic E-state index is 0.898. The van der Waals surface area contributed by atoms with Gasteiger partial charge in [-0.3, -0.25) is 4.21 Å². The van der Waals surface area contributed by atoms with Gasteiger partial charge in [-0.1, -0.05) is 24.6 Å². The smallest absolute Gasteiger partial charge is 0.0714 e. The van der Waals surface area contributed by atoms with E-state index in [0.29, 0.717) is 0 Å². The zero-order valence-electron chi connectivity index (χ0n) is 7.40. The molecule has 0 amide bonds. The largest absolute Gasteiger partial charge is 0.254 e. The molecule has 0 aliphatic heterocycles. The van der Waals surface area contributed by atoms with E-state index in [0.717, 1.165) is 29.4 Å². The van der Waals surface area contributed by atoms with Crippen molar-refractivity contribution in [3.8, 4) is 0 Å². The van der Waals surface area contributed by atoms with Crippen LogP contribution in [-0.4, -0.2) is 4.21 Å². The Hall–Kier alpha value is -0.630. The maximum atomic E-state index is 11.9. The molecular weight excluding hydrogens is 180 g/mol. The van der Waals surface area contributed by atoms with Crippen LogP contribution in [0.1, 0.15) is 19.3 Å². The van der Waals surface area contributed by atoms with E-state index in [2.05, 4.69) is 6.42 Å². The molecule has 0 unspecified atom stereocenters. The Kier molecular flexibility index (Phi) is 2.79. The second-order valence-corrected chi connectivity index (χ2v) is 4.68. The first-order valence-electron chi connectivity index (χ1n) is 4.54. The first-order chi connectivity index (χ1) is 6.38. The van der Waals surface area contributed by atoms with Gasteiger partial charge in [-0.2, -0.15) is 0 Å². The van der Waals surface area contributed by atoms with E-state index in [1.165, 1.54) is 0 Å². The Balaban J connectivity index is 2.13. The number of hydrogen-bond donors (Lipinski definition) is 0. The van der Waals surface area contributed by atoms with Crippen molar-refractivity contribution in [1.82, 2.24) is 0 Å². The molecule has 1 fully saturated rings. The molecule has 0 heterocycles. The van der Waals surface area contributed by atoms with Crippen molar-refractivity contribution in [2.75, 3.05) is 0 Å². The second-order valence-electron chi connectivity index (χ2n) is 3.14. The van der Waals surface area contributed by atoms with Crippen LogP contribution in [0.5, 0.6) is 0 Å². The van der Waals surface area contributed by atoms with Crippen molar-refractivity contribution < 1.29 is 4.21 Å². The highest BCUT2D eigenvalue weighted by molar-refractivity contribution is 7.88. The molecule has 1 aromatic rings. The Morgan fingerprint density at radius 2 is 1.92 bits per heavy atom. The van der Waals surface area contributed by atoms with Gasteiger partial charge >= 0.3 is 0 Å². The molecular formula is C11H12OS. The summed E-state index contributed by atoms with van der Waals surface area (Å²) in [5.41, 5.74) is 0. The summed E-state index contributed by atoms with van der Waals surface area (Å²) in [4.78, 5) is 0.927. The summed E-state index contributed by atoms with van der Waals surface area (Å²) >= 11 is 0. The van der Waals surface area contributed by atoms with Crippen LogP contribution in [0.2, 0.25) is 0 Å². The van der Waals surface area contributed by atoms with Crippen molar-refractivity contribution >= 4 is 10.8 Å². The summed E-state index contributed by atoms with van der Waals surface area (Å²) in [7, 11) is -0.898. The Bertz CT molecular complexity index is 288. The number of hydrogen-bond acceptors (Lipinski definition) is 1. The fourth-order valence-corrected chi connectivity index (χ4v) is 2.81. The van der Waals surface area contributed by atoms with Crippen LogP contribution in [0.25, 0.3) is 0 Å². The normalized spacial score (nSPS) is 20.3. The summed E-state index contributed by atoms with van der Waals surface area (Å²) in [6.07, 6.45) is 5.37. The molecule has 1 aliphatic rings. The molecule has 1 aromatic carbocycles. The summed E-state index contributed by atoms with van der Waals surface area (Å²) < 4.78 is 11.9. The minimum atomic E-state index is -0.898. The van der Waals surface area contributed by atoms with Crippen LogP contribution >= 0.6 is 0 Å². The van der Waals surface area contributed by atoms with Crippen molar-refractivity contribution in [2.45, 2.75) is 24.2 Å². The zero-order valence-corrected chi connectivity index (χ0v) is 8.22. The maximum absolute atomic E-state index is 11.9. The molecule has 0 spiro atoms. The fraction of sp³-hybridized carbons (Fsp3) is 0.273. The van der Waals surface area contributed by atoms with E-state index in [9.17, 15) is 4.21 Å². The summed E-state index contributed by atoms with van der Waals surface area (Å²) in [5, 5.41) is 1.10. The van der Waals surface area contributed by atoms with E-state index in [-0.39, 0.29) is 0 Å². The van der Waals surface area contributed by atoms with Gasteiger partial charge in [0.1, 0.15) is 0 Å². The van der Waals surface area contributed by atoms with Gasteiger partial charge in [0.2, 0.25) is 0 Å². The predicted octanol–water partition coefficient (Wildman–Crippen LogP) is 2.71. The van der Waals surface area contributed by atoms with Crippen molar-refractivity contribution in [2.24, 2.45) is 0 Å². The van der Waals surface area contributed by atoms with Crippen LogP contribution < -0.4 is 0 Å². The topological polar surface area (TPSA) is 17.1 Å². The molecule has 2 radical (unpaired) electrons. The molecule has 0 bridgehead atoms. The second kappa shape index (κ2) is 4.05. The monoisotopic (exact) mass is 192 g/mol. The molecule has 1 aliphatic carbocycles. The molecule has 1 atom stereocenters. The van der Waals surface area contributed by atoms with E-state index >= 15 is 0 Å². The highest BCUT2D eigenvalue weighted by Crippen LogP contribution is 2.31. The average molecular weight is 192 g/mol. The third-order valence-corrected chi connectivity index (χ3v) is 3.74. The van der Waals surface area contributed by atoms with Crippen molar-refractivity contribution in [3.05, 3.63) is 42.0 Å². The summed E-state index contributed by atoms with van der Waals surface area (Å²) in [6.45, 7) is 0. The van der Waals surface area contributed by atoms with Gasteiger partial charge in [-0.05, 0) is 31.4 Å². The van der Waals surface area contributed by atoms with Gasteiger partial charge < -0.3 is 0 Å². The zero-order chi connectivity index (χ0) is 9.10. The van der Waals surface area contributed by atoms with E-state index in [1.807, 2.05) is 30.3 Å². The quantitative estimate of drug-likeness (QED) is 0.704. The SMILES string of the molecule is O=[S@]([C]1[CH]CCC1)c1ccccc1. The van der Waals surface area contributed by atoms with Crippen LogP contribution in [0.15, 0.2) is 35.2 Å². The van der Waals surface area contributed by atoms with E-state index in [1.54, 1.807) is 0 Å². The van der Waals surface area contributed by atoms with E-state index < -0.39 is 10.8 Å². The van der Waals surface area contributed by atoms with E-state index in [4.69, 9.17) is 0 Å². The summed E-state index contributed by atoms with van der Waals surface area (Å²) in [5.74, 6) is 0. The van der Waals surface area contributed by atoms with Gasteiger partial charge in [0.05, 0.1) is 16.0 Å². The Labute approximate surface area is 81.6 Å². The lowest BCUT2D eigenvalue weighted by atomic mass is 10.4. The van der Waals surface area contributed by atoms with Gasteiger partial charge in [0.15, 0.2) is 0 Å². The first-order valence-corrected chi connectivity index (χ1v) is 5.69. The third kappa shape index (κ3) is 1.99.